The molecule has 0 aromatic heterocycles. The lowest BCUT2D eigenvalue weighted by Gasteiger charge is -2.31. The molecule has 0 aliphatic heterocycles. The molecule has 2 heteroatoms. The van der Waals surface area contributed by atoms with E-state index < -0.39 is 0 Å². The Morgan fingerprint density at radius 2 is 1.60 bits per heavy atom. The summed E-state index contributed by atoms with van der Waals surface area (Å²) in [6.07, 6.45) is 7.50. The predicted molar refractivity (Wildman–Crippen MR) is 83.7 cm³/mol. The molecule has 2 aliphatic rings. The van der Waals surface area contributed by atoms with Crippen LogP contribution in [0.5, 0.6) is 5.75 Å². The molecule has 0 saturated heterocycles. The first-order valence-corrected chi connectivity index (χ1v) is 7.98. The molecule has 1 unspecified atom stereocenters. The van der Waals surface area contributed by atoms with Crippen molar-refractivity contribution >= 4 is 0 Å². The fraction of sp³-hybridized carbons (Fsp3) is 0.667. The van der Waals surface area contributed by atoms with Crippen LogP contribution in [-0.4, -0.2) is 13.2 Å². The minimum atomic E-state index is 0.173. The summed E-state index contributed by atoms with van der Waals surface area (Å²) in [5.74, 6) is 1.12. The lowest BCUT2D eigenvalue weighted by Crippen LogP contribution is -2.33. The molecule has 0 spiro atoms. The van der Waals surface area contributed by atoms with Crippen LogP contribution >= 0.6 is 0 Å². The van der Waals surface area contributed by atoms with Gasteiger partial charge in [-0.3, -0.25) is 0 Å². The van der Waals surface area contributed by atoms with Crippen molar-refractivity contribution < 1.29 is 4.74 Å². The fourth-order valence-electron chi connectivity index (χ4n) is 4.30. The standard InChI is InChI=1S/C18H27NO/c1-11-14-7-5-6-8-15(14)12(2)17(20-4)16(11)18(9-10-18)13(3)19/h13H,5-10,19H2,1-4H3. The summed E-state index contributed by atoms with van der Waals surface area (Å²) in [6, 6.07) is 0.205. The van der Waals surface area contributed by atoms with E-state index in [0.717, 1.165) is 5.75 Å². The smallest absolute Gasteiger partial charge is 0.126 e. The van der Waals surface area contributed by atoms with Crippen molar-refractivity contribution in [3.8, 4) is 5.75 Å². The quantitative estimate of drug-likeness (QED) is 0.913. The van der Waals surface area contributed by atoms with Crippen molar-refractivity contribution in [2.45, 2.75) is 70.8 Å². The molecule has 1 aromatic rings. The Labute approximate surface area is 122 Å². The summed E-state index contributed by atoms with van der Waals surface area (Å²) in [7, 11) is 1.82. The van der Waals surface area contributed by atoms with E-state index in [2.05, 4.69) is 20.8 Å². The average molecular weight is 273 g/mol. The molecule has 1 fully saturated rings. The highest BCUT2D eigenvalue weighted by Crippen LogP contribution is 2.56. The summed E-state index contributed by atoms with van der Waals surface area (Å²) in [4.78, 5) is 0. The molecule has 2 N–H and O–H groups in total. The largest absolute Gasteiger partial charge is 0.496 e. The van der Waals surface area contributed by atoms with Crippen LogP contribution in [0.15, 0.2) is 0 Å². The summed E-state index contributed by atoms with van der Waals surface area (Å²) in [5, 5.41) is 0. The van der Waals surface area contributed by atoms with Gasteiger partial charge in [0, 0.05) is 17.0 Å². The second kappa shape index (κ2) is 4.77. The van der Waals surface area contributed by atoms with Crippen molar-refractivity contribution in [2.75, 3.05) is 7.11 Å². The van der Waals surface area contributed by atoms with Gasteiger partial charge in [-0.15, -0.1) is 0 Å². The van der Waals surface area contributed by atoms with Gasteiger partial charge >= 0.3 is 0 Å². The van der Waals surface area contributed by atoms with Crippen LogP contribution in [0.25, 0.3) is 0 Å². The molecule has 1 saturated carbocycles. The molecule has 0 radical (unpaired) electrons. The van der Waals surface area contributed by atoms with Crippen molar-refractivity contribution in [1.82, 2.24) is 0 Å². The number of fused-ring (bicyclic) bond motifs is 1. The van der Waals surface area contributed by atoms with Crippen LogP contribution in [0, 0.1) is 13.8 Å². The van der Waals surface area contributed by atoms with Crippen molar-refractivity contribution in [1.29, 1.82) is 0 Å². The van der Waals surface area contributed by atoms with Crippen LogP contribution in [0.3, 0.4) is 0 Å². The summed E-state index contributed by atoms with van der Waals surface area (Å²) >= 11 is 0. The van der Waals surface area contributed by atoms with Gasteiger partial charge in [-0.05, 0) is 81.5 Å². The number of rotatable bonds is 3. The lowest BCUT2D eigenvalue weighted by atomic mass is 9.77. The van der Waals surface area contributed by atoms with Crippen molar-refractivity contribution in [3.63, 3.8) is 0 Å². The predicted octanol–water partition coefficient (Wildman–Crippen LogP) is 3.57. The number of ether oxygens (including phenoxy) is 1. The highest BCUT2D eigenvalue weighted by Gasteiger charge is 2.50. The maximum absolute atomic E-state index is 6.33. The minimum absolute atomic E-state index is 0.173. The number of hydrogen-bond acceptors (Lipinski definition) is 2. The maximum atomic E-state index is 6.33. The molecule has 1 atom stereocenters. The first-order valence-electron chi connectivity index (χ1n) is 7.98. The maximum Gasteiger partial charge on any atom is 0.126 e. The van der Waals surface area contributed by atoms with Crippen molar-refractivity contribution in [3.05, 3.63) is 27.8 Å². The molecule has 110 valence electrons. The molecule has 0 bridgehead atoms. The third-order valence-electron chi connectivity index (χ3n) is 5.68. The molecule has 2 aliphatic carbocycles. The molecule has 2 nitrogen and oxygen atoms in total. The molecule has 1 aromatic carbocycles. The summed E-state index contributed by atoms with van der Waals surface area (Å²) in [5.41, 5.74) is 13.9. The zero-order valence-electron chi connectivity index (χ0n) is 13.3. The Kier molecular flexibility index (Phi) is 3.32. The molecule has 20 heavy (non-hydrogen) atoms. The van der Waals surface area contributed by atoms with E-state index >= 15 is 0 Å². The molecular formula is C18H27NO. The van der Waals surface area contributed by atoms with E-state index in [0.29, 0.717) is 0 Å². The zero-order valence-corrected chi connectivity index (χ0v) is 13.3. The monoisotopic (exact) mass is 273 g/mol. The van der Waals surface area contributed by atoms with E-state index in [4.69, 9.17) is 10.5 Å². The second-order valence-corrected chi connectivity index (χ2v) is 6.77. The van der Waals surface area contributed by atoms with E-state index in [1.165, 1.54) is 55.2 Å². The number of methoxy groups -OCH3 is 1. The highest BCUT2D eigenvalue weighted by molar-refractivity contribution is 5.60. The summed E-state index contributed by atoms with van der Waals surface area (Å²) in [6.45, 7) is 6.69. The highest BCUT2D eigenvalue weighted by atomic mass is 16.5. The zero-order chi connectivity index (χ0) is 14.5. The van der Waals surface area contributed by atoms with Crippen LogP contribution in [0.1, 0.15) is 60.4 Å². The Hall–Kier alpha value is -1.02. The van der Waals surface area contributed by atoms with E-state index in [9.17, 15) is 0 Å². The lowest BCUT2D eigenvalue weighted by molar-refractivity contribution is 0.392. The van der Waals surface area contributed by atoms with Crippen LogP contribution in [-0.2, 0) is 18.3 Å². The third kappa shape index (κ3) is 1.81. The first-order chi connectivity index (χ1) is 9.53. The number of benzene rings is 1. The fourth-order valence-corrected chi connectivity index (χ4v) is 4.30. The minimum Gasteiger partial charge on any atom is -0.496 e. The second-order valence-electron chi connectivity index (χ2n) is 6.77. The normalized spacial score (nSPS) is 21.2. The van der Waals surface area contributed by atoms with Crippen LogP contribution in [0.4, 0.5) is 0 Å². The SMILES string of the molecule is COc1c(C)c2c(c(C)c1C1(C(C)N)CC1)CCCC2. The van der Waals surface area contributed by atoms with Gasteiger partial charge in [0.1, 0.15) is 5.75 Å². The van der Waals surface area contributed by atoms with Gasteiger partial charge in [0.05, 0.1) is 7.11 Å². The van der Waals surface area contributed by atoms with E-state index in [1.807, 2.05) is 7.11 Å². The average Bonchev–Trinajstić information content (AvgIpc) is 3.24. The molecule has 0 amide bonds. The van der Waals surface area contributed by atoms with Gasteiger partial charge in [-0.1, -0.05) is 0 Å². The van der Waals surface area contributed by atoms with E-state index in [-0.39, 0.29) is 11.5 Å². The number of hydrogen-bond donors (Lipinski definition) is 1. The number of nitrogens with two attached hydrogens (primary N) is 1. The van der Waals surface area contributed by atoms with Gasteiger partial charge in [0.2, 0.25) is 0 Å². The Morgan fingerprint density at radius 3 is 2.05 bits per heavy atom. The molecule has 0 heterocycles. The Bertz CT molecular complexity index is 541. The summed E-state index contributed by atoms with van der Waals surface area (Å²) < 4.78 is 5.84. The Balaban J connectivity index is 2.26. The molecular weight excluding hydrogens is 246 g/mol. The van der Waals surface area contributed by atoms with Crippen LogP contribution in [0.2, 0.25) is 0 Å². The topological polar surface area (TPSA) is 35.2 Å². The first kappa shape index (κ1) is 13.9. The van der Waals surface area contributed by atoms with Gasteiger partial charge in [0.25, 0.3) is 0 Å². The van der Waals surface area contributed by atoms with Gasteiger partial charge in [0.15, 0.2) is 0 Å². The molecule has 3 rings (SSSR count). The van der Waals surface area contributed by atoms with Crippen LogP contribution < -0.4 is 10.5 Å². The van der Waals surface area contributed by atoms with E-state index in [1.54, 1.807) is 11.1 Å². The third-order valence-corrected chi connectivity index (χ3v) is 5.68. The van der Waals surface area contributed by atoms with Gasteiger partial charge in [-0.25, -0.2) is 0 Å². The Morgan fingerprint density at radius 1 is 1.05 bits per heavy atom. The van der Waals surface area contributed by atoms with Gasteiger partial charge < -0.3 is 10.5 Å². The van der Waals surface area contributed by atoms with Gasteiger partial charge in [-0.2, -0.15) is 0 Å². The van der Waals surface area contributed by atoms with Crippen molar-refractivity contribution in [2.24, 2.45) is 5.73 Å².